The average Bonchev–Trinajstić information content (AvgIpc) is 3.06. The molecule has 1 aliphatic heterocycles. The Morgan fingerprint density at radius 3 is 2.86 bits per heavy atom. The predicted octanol–water partition coefficient (Wildman–Crippen LogP) is 2.98. The third kappa shape index (κ3) is 3.02. The lowest BCUT2D eigenvalue weighted by Gasteiger charge is -2.31. The standard InChI is InChI=1S/C16H21FN2O2/c17-11-4-1-5-12(10-11)18-16(21)19-9-3-7-14(19)13-6-2-8-15(13)20/h1,4-5,10,13-15,20H,2-3,6-9H2,(H,18,21). The zero-order valence-corrected chi connectivity index (χ0v) is 12.0. The second-order valence-electron chi connectivity index (χ2n) is 6.01. The molecule has 0 aromatic heterocycles. The number of aliphatic hydroxyl groups is 1. The molecule has 21 heavy (non-hydrogen) atoms. The minimum absolute atomic E-state index is 0.107. The number of rotatable bonds is 2. The SMILES string of the molecule is O=C(Nc1cccc(F)c1)N1CCCC1C1CCCC1O. The second kappa shape index (κ2) is 6.02. The summed E-state index contributed by atoms with van der Waals surface area (Å²) in [6.45, 7) is 0.703. The Hall–Kier alpha value is -1.62. The van der Waals surface area contributed by atoms with Crippen molar-refractivity contribution in [1.29, 1.82) is 0 Å². The number of hydrogen-bond donors (Lipinski definition) is 2. The first-order valence-electron chi connectivity index (χ1n) is 7.66. The summed E-state index contributed by atoms with van der Waals surface area (Å²) >= 11 is 0. The van der Waals surface area contributed by atoms with Crippen molar-refractivity contribution in [2.45, 2.75) is 44.2 Å². The van der Waals surface area contributed by atoms with Crippen LogP contribution in [0.1, 0.15) is 32.1 Å². The molecule has 0 spiro atoms. The molecule has 0 radical (unpaired) electrons. The van der Waals surface area contributed by atoms with Crippen molar-refractivity contribution in [2.75, 3.05) is 11.9 Å². The summed E-state index contributed by atoms with van der Waals surface area (Å²) in [7, 11) is 0. The fourth-order valence-electron chi connectivity index (χ4n) is 3.67. The van der Waals surface area contributed by atoms with Gasteiger partial charge in [0.25, 0.3) is 0 Å². The number of carbonyl (C=O) groups excluding carboxylic acids is 1. The zero-order chi connectivity index (χ0) is 14.8. The number of benzene rings is 1. The third-order valence-corrected chi connectivity index (χ3v) is 4.66. The summed E-state index contributed by atoms with van der Waals surface area (Å²) in [5.41, 5.74) is 0.470. The Morgan fingerprint density at radius 2 is 2.14 bits per heavy atom. The summed E-state index contributed by atoms with van der Waals surface area (Å²) in [6.07, 6.45) is 4.46. The first-order valence-corrected chi connectivity index (χ1v) is 7.66. The lowest BCUT2D eigenvalue weighted by atomic mass is 9.94. The van der Waals surface area contributed by atoms with Crippen LogP contribution in [-0.4, -0.2) is 34.7 Å². The van der Waals surface area contributed by atoms with E-state index in [1.807, 2.05) is 4.90 Å². The predicted molar refractivity (Wildman–Crippen MR) is 78.5 cm³/mol. The quantitative estimate of drug-likeness (QED) is 0.880. The van der Waals surface area contributed by atoms with Crippen LogP contribution in [0.15, 0.2) is 24.3 Å². The molecule has 3 rings (SSSR count). The molecule has 1 saturated carbocycles. The summed E-state index contributed by atoms with van der Waals surface area (Å²) in [5, 5.41) is 12.8. The number of nitrogens with zero attached hydrogens (tertiary/aromatic N) is 1. The van der Waals surface area contributed by atoms with Gasteiger partial charge in [-0.05, 0) is 43.9 Å². The van der Waals surface area contributed by atoms with Gasteiger partial charge in [-0.2, -0.15) is 0 Å². The highest BCUT2D eigenvalue weighted by Crippen LogP contribution is 2.36. The van der Waals surface area contributed by atoms with Gasteiger partial charge in [0.05, 0.1) is 6.10 Å². The van der Waals surface area contributed by atoms with Crippen LogP contribution in [0.25, 0.3) is 0 Å². The molecule has 4 nitrogen and oxygen atoms in total. The van der Waals surface area contributed by atoms with Crippen molar-refractivity contribution in [3.05, 3.63) is 30.1 Å². The molecule has 2 N–H and O–H groups in total. The fraction of sp³-hybridized carbons (Fsp3) is 0.562. The highest BCUT2D eigenvalue weighted by molar-refractivity contribution is 5.89. The summed E-state index contributed by atoms with van der Waals surface area (Å²) in [4.78, 5) is 14.2. The van der Waals surface area contributed by atoms with Crippen LogP contribution in [0.5, 0.6) is 0 Å². The van der Waals surface area contributed by atoms with Crippen molar-refractivity contribution in [3.8, 4) is 0 Å². The fourth-order valence-corrected chi connectivity index (χ4v) is 3.67. The van der Waals surface area contributed by atoms with Crippen LogP contribution in [0.2, 0.25) is 0 Å². The highest BCUT2D eigenvalue weighted by Gasteiger charge is 2.40. The van der Waals surface area contributed by atoms with Crippen LogP contribution in [0, 0.1) is 11.7 Å². The van der Waals surface area contributed by atoms with Gasteiger partial charge in [-0.25, -0.2) is 9.18 Å². The molecule has 1 aromatic carbocycles. The molecule has 114 valence electrons. The zero-order valence-electron chi connectivity index (χ0n) is 12.0. The van der Waals surface area contributed by atoms with Crippen LogP contribution in [-0.2, 0) is 0 Å². The van der Waals surface area contributed by atoms with Crippen LogP contribution in [0.3, 0.4) is 0 Å². The van der Waals surface area contributed by atoms with E-state index >= 15 is 0 Å². The Morgan fingerprint density at radius 1 is 1.29 bits per heavy atom. The van der Waals surface area contributed by atoms with Gasteiger partial charge in [0.15, 0.2) is 0 Å². The molecule has 1 aliphatic carbocycles. The Kier molecular flexibility index (Phi) is 4.10. The van der Waals surface area contributed by atoms with E-state index in [0.29, 0.717) is 12.2 Å². The minimum atomic E-state index is -0.364. The minimum Gasteiger partial charge on any atom is -0.393 e. The molecule has 0 bridgehead atoms. The van der Waals surface area contributed by atoms with Crippen molar-refractivity contribution in [3.63, 3.8) is 0 Å². The van der Waals surface area contributed by atoms with Gasteiger partial charge >= 0.3 is 6.03 Å². The van der Waals surface area contributed by atoms with E-state index in [1.54, 1.807) is 12.1 Å². The van der Waals surface area contributed by atoms with Crippen LogP contribution < -0.4 is 5.32 Å². The number of urea groups is 1. The molecule has 3 atom stereocenters. The lowest BCUT2D eigenvalue weighted by molar-refractivity contribution is 0.0867. The van der Waals surface area contributed by atoms with Gasteiger partial charge in [-0.3, -0.25) is 0 Å². The first-order chi connectivity index (χ1) is 10.1. The molecule has 1 heterocycles. The number of amides is 2. The lowest BCUT2D eigenvalue weighted by Crippen LogP contribution is -2.44. The topological polar surface area (TPSA) is 52.6 Å². The molecular weight excluding hydrogens is 271 g/mol. The molecule has 5 heteroatoms. The smallest absolute Gasteiger partial charge is 0.322 e. The third-order valence-electron chi connectivity index (χ3n) is 4.66. The molecule has 3 unspecified atom stereocenters. The van der Waals surface area contributed by atoms with E-state index in [2.05, 4.69) is 5.32 Å². The molecule has 2 amide bonds. The number of aliphatic hydroxyl groups excluding tert-OH is 1. The van der Waals surface area contributed by atoms with Gasteiger partial charge in [0, 0.05) is 24.2 Å². The second-order valence-corrected chi connectivity index (χ2v) is 6.01. The van der Waals surface area contributed by atoms with E-state index in [9.17, 15) is 14.3 Å². The van der Waals surface area contributed by atoms with Gasteiger partial charge in [0.2, 0.25) is 0 Å². The van der Waals surface area contributed by atoms with Gasteiger partial charge in [0.1, 0.15) is 5.82 Å². The van der Waals surface area contributed by atoms with E-state index in [0.717, 1.165) is 32.1 Å². The van der Waals surface area contributed by atoms with Crippen LogP contribution >= 0.6 is 0 Å². The van der Waals surface area contributed by atoms with Gasteiger partial charge in [-0.15, -0.1) is 0 Å². The van der Waals surface area contributed by atoms with E-state index < -0.39 is 0 Å². The maximum atomic E-state index is 13.2. The van der Waals surface area contributed by atoms with Crippen molar-refractivity contribution in [2.24, 2.45) is 5.92 Å². The van der Waals surface area contributed by atoms with E-state index in [-0.39, 0.29) is 29.9 Å². The Labute approximate surface area is 124 Å². The monoisotopic (exact) mass is 292 g/mol. The summed E-state index contributed by atoms with van der Waals surface area (Å²) in [5.74, 6) is -0.178. The average molecular weight is 292 g/mol. The van der Waals surface area contributed by atoms with Crippen molar-refractivity contribution in [1.82, 2.24) is 4.90 Å². The summed E-state index contributed by atoms with van der Waals surface area (Å²) in [6, 6.07) is 5.83. The number of likely N-dealkylation sites (tertiary alicyclic amines) is 1. The maximum absolute atomic E-state index is 13.2. The Balaban J connectivity index is 1.68. The number of nitrogens with one attached hydrogen (secondary N) is 1. The molecule has 1 saturated heterocycles. The van der Waals surface area contributed by atoms with E-state index in [1.165, 1.54) is 12.1 Å². The van der Waals surface area contributed by atoms with Crippen molar-refractivity contribution >= 4 is 11.7 Å². The number of halogens is 1. The first kappa shape index (κ1) is 14.3. The summed E-state index contributed by atoms with van der Waals surface area (Å²) < 4.78 is 13.2. The van der Waals surface area contributed by atoms with Crippen LogP contribution in [0.4, 0.5) is 14.9 Å². The largest absolute Gasteiger partial charge is 0.393 e. The molecule has 2 fully saturated rings. The molecule has 2 aliphatic rings. The molecule has 1 aromatic rings. The van der Waals surface area contributed by atoms with E-state index in [4.69, 9.17) is 0 Å². The highest BCUT2D eigenvalue weighted by atomic mass is 19.1. The normalized spacial score (nSPS) is 28.9. The Bertz CT molecular complexity index is 523. The van der Waals surface area contributed by atoms with Crippen molar-refractivity contribution < 1.29 is 14.3 Å². The van der Waals surface area contributed by atoms with Gasteiger partial charge < -0.3 is 15.3 Å². The number of anilines is 1. The molecular formula is C16H21FN2O2. The number of carbonyl (C=O) groups is 1. The maximum Gasteiger partial charge on any atom is 0.322 e. The van der Waals surface area contributed by atoms with Gasteiger partial charge in [-0.1, -0.05) is 12.5 Å². The number of hydrogen-bond acceptors (Lipinski definition) is 2.